The second kappa shape index (κ2) is 11.8. The molecule has 0 N–H and O–H groups in total. The van der Waals surface area contributed by atoms with Crippen molar-refractivity contribution in [1.29, 1.82) is 0 Å². The van der Waals surface area contributed by atoms with E-state index in [1.54, 1.807) is 11.1 Å². The minimum Gasteiger partial charge on any atom is -0.106 e. The summed E-state index contributed by atoms with van der Waals surface area (Å²) < 4.78 is 0. The zero-order chi connectivity index (χ0) is 19.6. The van der Waals surface area contributed by atoms with Crippen LogP contribution in [0, 0.1) is 11.8 Å². The molecule has 0 bridgehead atoms. The second-order valence-corrected chi connectivity index (χ2v) is 10.0. The molecular formula is C26H34S2. The Balaban J connectivity index is 1.40. The Morgan fingerprint density at radius 2 is 1.00 bits per heavy atom. The first-order valence-corrected chi connectivity index (χ1v) is 12.7. The van der Waals surface area contributed by atoms with Crippen LogP contribution in [0.25, 0.3) is 12.2 Å². The Kier molecular flexibility index (Phi) is 9.08. The van der Waals surface area contributed by atoms with Crippen LogP contribution in [0.3, 0.4) is 0 Å². The van der Waals surface area contributed by atoms with Crippen molar-refractivity contribution < 1.29 is 0 Å². The molecule has 0 unspecified atom stereocenters. The van der Waals surface area contributed by atoms with Crippen LogP contribution in [0.5, 0.6) is 0 Å². The zero-order valence-corrected chi connectivity index (χ0v) is 19.0. The molecule has 1 aromatic carbocycles. The Labute approximate surface area is 180 Å². The van der Waals surface area contributed by atoms with Gasteiger partial charge in [-0.3, -0.25) is 0 Å². The van der Waals surface area contributed by atoms with E-state index in [-0.39, 0.29) is 0 Å². The highest BCUT2D eigenvalue weighted by Gasteiger charge is 2.12. The van der Waals surface area contributed by atoms with E-state index >= 15 is 0 Å². The van der Waals surface area contributed by atoms with Gasteiger partial charge in [-0.25, -0.2) is 0 Å². The SMILES string of the molecule is CC1CCC(=CS/C=C/c2ccc(/C=C/SC=C3CCC(C)CC3)cc2)CC1. The lowest BCUT2D eigenvalue weighted by Crippen LogP contribution is -2.03. The van der Waals surface area contributed by atoms with Crippen LogP contribution >= 0.6 is 23.5 Å². The van der Waals surface area contributed by atoms with Gasteiger partial charge in [-0.05, 0) is 108 Å². The lowest BCUT2D eigenvalue weighted by atomic mass is 9.88. The van der Waals surface area contributed by atoms with Crippen LogP contribution in [0.2, 0.25) is 0 Å². The van der Waals surface area contributed by atoms with E-state index < -0.39 is 0 Å². The van der Waals surface area contributed by atoms with Gasteiger partial charge >= 0.3 is 0 Å². The van der Waals surface area contributed by atoms with Gasteiger partial charge in [0.2, 0.25) is 0 Å². The topological polar surface area (TPSA) is 0 Å². The van der Waals surface area contributed by atoms with Crippen LogP contribution in [0.4, 0.5) is 0 Å². The molecule has 0 spiro atoms. The van der Waals surface area contributed by atoms with E-state index in [0.29, 0.717) is 0 Å². The van der Waals surface area contributed by atoms with Gasteiger partial charge in [0, 0.05) is 0 Å². The minimum atomic E-state index is 0.913. The van der Waals surface area contributed by atoms with Gasteiger partial charge in [0.05, 0.1) is 0 Å². The molecule has 3 rings (SSSR count). The first-order chi connectivity index (χ1) is 13.7. The standard InChI is InChI=1S/C26H34S2/c1-21-3-7-25(8-4-21)19-27-17-15-23-11-13-24(14-12-23)16-18-28-20-26-9-5-22(2)6-10-26/h11-22H,3-10H2,1-2H3/b17-15+,18-16+,25-19?,26-20?. The summed E-state index contributed by atoms with van der Waals surface area (Å²) in [6.45, 7) is 4.74. The van der Waals surface area contributed by atoms with Gasteiger partial charge in [-0.1, -0.05) is 49.3 Å². The maximum atomic E-state index is 2.37. The molecule has 2 heteroatoms. The van der Waals surface area contributed by atoms with Gasteiger partial charge < -0.3 is 0 Å². The fourth-order valence-corrected chi connectivity index (χ4v) is 5.21. The van der Waals surface area contributed by atoms with Crippen LogP contribution in [-0.2, 0) is 0 Å². The summed E-state index contributed by atoms with van der Waals surface area (Å²) in [5.41, 5.74) is 5.80. The molecule has 0 atom stereocenters. The zero-order valence-electron chi connectivity index (χ0n) is 17.4. The van der Waals surface area contributed by atoms with Crippen molar-refractivity contribution >= 4 is 35.7 Å². The molecule has 2 aliphatic rings. The summed E-state index contributed by atoms with van der Waals surface area (Å²) in [5, 5.41) is 9.14. The van der Waals surface area contributed by atoms with E-state index in [0.717, 1.165) is 11.8 Å². The molecule has 2 aliphatic carbocycles. The highest BCUT2D eigenvalue weighted by Crippen LogP contribution is 2.30. The molecule has 0 amide bonds. The number of hydrogen-bond donors (Lipinski definition) is 0. The third-order valence-electron chi connectivity index (χ3n) is 5.92. The quantitative estimate of drug-likeness (QED) is 0.458. The lowest BCUT2D eigenvalue weighted by Gasteiger charge is -2.19. The molecule has 0 aromatic heterocycles. The van der Waals surface area contributed by atoms with Crippen molar-refractivity contribution in [2.24, 2.45) is 11.8 Å². The van der Waals surface area contributed by atoms with E-state index in [1.165, 1.54) is 62.5 Å². The molecule has 2 saturated carbocycles. The monoisotopic (exact) mass is 410 g/mol. The Morgan fingerprint density at radius 3 is 1.36 bits per heavy atom. The fraction of sp³-hybridized carbons (Fsp3) is 0.462. The summed E-state index contributed by atoms with van der Waals surface area (Å²) in [6, 6.07) is 8.82. The number of thioether (sulfide) groups is 2. The Hall–Kier alpha value is -1.12. The van der Waals surface area contributed by atoms with E-state index in [4.69, 9.17) is 0 Å². The highest BCUT2D eigenvalue weighted by atomic mass is 32.2. The summed E-state index contributed by atoms with van der Waals surface area (Å²) in [7, 11) is 0. The third kappa shape index (κ3) is 7.72. The van der Waals surface area contributed by atoms with Crippen molar-refractivity contribution in [3.63, 3.8) is 0 Å². The largest absolute Gasteiger partial charge is 0.106 e. The van der Waals surface area contributed by atoms with Crippen LogP contribution in [-0.4, -0.2) is 0 Å². The van der Waals surface area contributed by atoms with Crippen LogP contribution in [0.1, 0.15) is 76.3 Å². The predicted molar refractivity (Wildman–Crippen MR) is 131 cm³/mol. The summed E-state index contributed by atoms with van der Waals surface area (Å²) in [4.78, 5) is 0. The van der Waals surface area contributed by atoms with Gasteiger partial charge in [0.1, 0.15) is 0 Å². The molecule has 2 fully saturated rings. The van der Waals surface area contributed by atoms with Crippen LogP contribution in [0.15, 0.2) is 57.0 Å². The molecule has 0 aliphatic heterocycles. The highest BCUT2D eigenvalue weighted by molar-refractivity contribution is 8.05. The molecular weight excluding hydrogens is 376 g/mol. The summed E-state index contributed by atoms with van der Waals surface area (Å²) >= 11 is 3.65. The molecule has 28 heavy (non-hydrogen) atoms. The first-order valence-electron chi connectivity index (χ1n) is 10.8. The molecule has 1 aromatic rings. The number of allylic oxidation sites excluding steroid dienone is 2. The Bertz CT molecular complexity index is 638. The van der Waals surface area contributed by atoms with Crippen molar-refractivity contribution in [2.75, 3.05) is 0 Å². The smallest absolute Gasteiger partial charge is 0.0242 e. The molecule has 150 valence electrons. The van der Waals surface area contributed by atoms with Gasteiger partial charge in [0.15, 0.2) is 0 Å². The maximum Gasteiger partial charge on any atom is -0.0242 e. The third-order valence-corrected chi connectivity index (χ3v) is 7.44. The summed E-state index contributed by atoms with van der Waals surface area (Å²) in [5.74, 6) is 1.83. The van der Waals surface area contributed by atoms with E-state index in [2.05, 4.69) is 71.9 Å². The minimum absolute atomic E-state index is 0.913. The van der Waals surface area contributed by atoms with Crippen molar-refractivity contribution in [3.8, 4) is 0 Å². The van der Waals surface area contributed by atoms with Crippen molar-refractivity contribution in [3.05, 3.63) is 68.2 Å². The molecule has 0 heterocycles. The second-order valence-electron chi connectivity index (χ2n) is 8.46. The maximum absolute atomic E-state index is 2.37. The van der Waals surface area contributed by atoms with E-state index in [9.17, 15) is 0 Å². The predicted octanol–water partition coefficient (Wildman–Crippen LogP) is 9.28. The Morgan fingerprint density at radius 1 is 0.643 bits per heavy atom. The number of rotatable bonds is 6. The average Bonchev–Trinajstić information content (AvgIpc) is 2.72. The van der Waals surface area contributed by atoms with E-state index in [1.807, 2.05) is 23.5 Å². The normalized spacial score (nSPS) is 23.5. The van der Waals surface area contributed by atoms with Gasteiger partial charge in [-0.15, -0.1) is 23.5 Å². The van der Waals surface area contributed by atoms with Gasteiger partial charge in [-0.2, -0.15) is 0 Å². The fourth-order valence-electron chi connectivity index (χ4n) is 3.73. The number of hydrogen-bond acceptors (Lipinski definition) is 2. The van der Waals surface area contributed by atoms with Crippen molar-refractivity contribution in [1.82, 2.24) is 0 Å². The molecule has 0 saturated heterocycles. The number of benzene rings is 1. The van der Waals surface area contributed by atoms with Crippen molar-refractivity contribution in [2.45, 2.75) is 65.2 Å². The molecule has 0 nitrogen and oxygen atoms in total. The van der Waals surface area contributed by atoms with Gasteiger partial charge in [0.25, 0.3) is 0 Å². The molecule has 0 radical (unpaired) electrons. The lowest BCUT2D eigenvalue weighted by molar-refractivity contribution is 0.444. The van der Waals surface area contributed by atoms with Crippen LogP contribution < -0.4 is 0 Å². The summed E-state index contributed by atoms with van der Waals surface area (Å²) in [6.07, 6.45) is 15.0. The first kappa shape index (κ1) is 21.6. The average molecular weight is 411 g/mol.